The lowest BCUT2D eigenvalue weighted by Crippen LogP contribution is -2.41. The quantitative estimate of drug-likeness (QED) is 0.477. The van der Waals surface area contributed by atoms with Crippen LogP contribution in [-0.2, 0) is 4.53 Å². The maximum absolute atomic E-state index is 12.1. The molecular weight excluding hydrogens is 332 g/mol. The van der Waals surface area contributed by atoms with E-state index in [-0.39, 0.29) is 18.1 Å². The van der Waals surface area contributed by atoms with Gasteiger partial charge in [0.2, 0.25) is 5.69 Å². The van der Waals surface area contributed by atoms with Crippen LogP contribution in [0.4, 0.5) is 0 Å². The minimum atomic E-state index is -0.668. The van der Waals surface area contributed by atoms with E-state index in [2.05, 4.69) is 21.9 Å². The first-order chi connectivity index (χ1) is 12.0. The number of aromatic nitrogens is 2. The number of hydrogen-bond donors (Lipinski definition) is 2. The fourth-order valence-electron chi connectivity index (χ4n) is 1.99. The molecule has 2 aromatic heterocycles. The van der Waals surface area contributed by atoms with Gasteiger partial charge in [-0.15, -0.1) is 9.26 Å². The van der Waals surface area contributed by atoms with Crippen LogP contribution in [-0.4, -0.2) is 41.8 Å². The third-order valence-electron chi connectivity index (χ3n) is 3.10. The Morgan fingerprint density at radius 3 is 2.20 bits per heavy atom. The molecule has 2 N–H and O–H groups in total. The summed E-state index contributed by atoms with van der Waals surface area (Å²) in [5, 5.41) is 4.79. The van der Waals surface area contributed by atoms with Crippen LogP contribution >= 0.6 is 0 Å². The summed E-state index contributed by atoms with van der Waals surface area (Å²) in [6.07, 6.45) is 0. The highest BCUT2D eigenvalue weighted by Gasteiger charge is 2.18. The lowest BCUT2D eigenvalue weighted by molar-refractivity contribution is -0.518. The van der Waals surface area contributed by atoms with Crippen LogP contribution in [0.1, 0.15) is 21.0 Å². The van der Waals surface area contributed by atoms with E-state index in [0.29, 0.717) is 4.73 Å². The van der Waals surface area contributed by atoms with Crippen LogP contribution in [0, 0.1) is 0 Å². The largest absolute Gasteiger partial charge is 0.413 e. The predicted octanol–water partition coefficient (Wildman–Crippen LogP) is -1.69. The van der Waals surface area contributed by atoms with Crippen molar-refractivity contribution in [3.63, 3.8) is 0 Å². The molecule has 2 amide bonds. The summed E-state index contributed by atoms with van der Waals surface area (Å²) in [7, 11) is 1.24. The molecule has 0 saturated carbocycles. The van der Waals surface area contributed by atoms with Gasteiger partial charge in [0.1, 0.15) is 12.8 Å². The van der Waals surface area contributed by atoms with Gasteiger partial charge in [-0.3, -0.25) is 19.2 Å². The average molecular weight is 347 g/mol. The number of nitrogens with one attached hydrogen (secondary N) is 2. The highest BCUT2D eigenvalue weighted by atomic mass is 16.7. The van der Waals surface area contributed by atoms with Gasteiger partial charge in [0.05, 0.1) is 11.4 Å². The van der Waals surface area contributed by atoms with Crippen molar-refractivity contribution in [2.75, 3.05) is 13.8 Å². The van der Waals surface area contributed by atoms with Gasteiger partial charge in [0.25, 0.3) is 17.4 Å². The van der Waals surface area contributed by atoms with Crippen molar-refractivity contribution in [3.05, 3.63) is 68.5 Å². The Balaban J connectivity index is 2.05. The second-order valence-corrected chi connectivity index (χ2v) is 4.59. The fraction of sp³-hybridized carbons (Fsp3) is 0.133. The van der Waals surface area contributed by atoms with Gasteiger partial charge in [-0.1, -0.05) is 12.1 Å². The van der Waals surface area contributed by atoms with Gasteiger partial charge in [-0.2, -0.15) is 0 Å². The van der Waals surface area contributed by atoms with Gasteiger partial charge >= 0.3 is 12.3 Å². The third kappa shape index (κ3) is 3.80. The molecule has 10 nitrogen and oxygen atoms in total. The first-order valence-corrected chi connectivity index (χ1v) is 6.97. The molecule has 10 heteroatoms. The second kappa shape index (κ2) is 7.73. The normalized spacial score (nSPS) is 9.96. The van der Waals surface area contributed by atoms with E-state index in [1.807, 2.05) is 0 Å². The summed E-state index contributed by atoms with van der Waals surface area (Å²) in [6.45, 7) is 2.84. The monoisotopic (exact) mass is 347 g/mol. The number of carbonyl (C=O) groups excluding carboxylic acids is 3. The number of pyridine rings is 2. The van der Waals surface area contributed by atoms with Crippen molar-refractivity contribution in [3.8, 4) is 0 Å². The van der Waals surface area contributed by atoms with Crippen molar-refractivity contribution < 1.29 is 19.0 Å². The molecule has 0 aliphatic heterocycles. The summed E-state index contributed by atoms with van der Waals surface area (Å²) in [5.74, 6) is -1.31. The summed E-state index contributed by atoms with van der Waals surface area (Å²) >= 11 is 0. The Kier molecular flexibility index (Phi) is 5.46. The zero-order chi connectivity index (χ0) is 18.4. The molecule has 2 aromatic rings. The van der Waals surface area contributed by atoms with Crippen molar-refractivity contribution in [2.45, 2.75) is 0 Å². The zero-order valence-electron chi connectivity index (χ0n) is 13.2. The van der Waals surface area contributed by atoms with E-state index < -0.39 is 22.9 Å². The fourth-order valence-corrected chi connectivity index (χ4v) is 1.99. The van der Waals surface area contributed by atoms with Gasteiger partial charge in [0, 0.05) is 12.1 Å². The first kappa shape index (κ1) is 17.7. The lowest BCUT2D eigenvalue weighted by Gasteiger charge is -2.11. The van der Waals surface area contributed by atoms with Crippen molar-refractivity contribution in [1.82, 2.24) is 20.1 Å². The molecule has 0 fully saturated rings. The van der Waals surface area contributed by atoms with Crippen LogP contribution in [0.25, 0.3) is 0 Å². The van der Waals surface area contributed by atoms with E-state index >= 15 is 0 Å². The van der Waals surface area contributed by atoms with E-state index in [4.69, 9.17) is 4.84 Å². The Morgan fingerprint density at radius 2 is 1.60 bits per heavy atom. The molecule has 0 aliphatic carbocycles. The minimum absolute atomic E-state index is 0.0399. The van der Waals surface area contributed by atoms with Crippen LogP contribution < -0.4 is 26.6 Å². The molecule has 0 bridgehead atoms. The zero-order valence-corrected chi connectivity index (χ0v) is 13.2. The predicted molar refractivity (Wildman–Crippen MR) is 86.2 cm³/mol. The summed E-state index contributed by atoms with van der Waals surface area (Å²) < 4.78 is 6.10. The standard InChI is InChI=1S/C15H14N4O6/c1-24-18-10(5-3-7-12(18)20)14(22)16-9-17-15(23)11-6-4-8-13(21)19(11)25-2/h3-8H,1,9H2,2H3,(H-,16,17,22,23)/p+1. The first-order valence-electron chi connectivity index (χ1n) is 6.97. The topological polar surface area (TPSA) is 123 Å². The van der Waals surface area contributed by atoms with E-state index in [9.17, 15) is 19.2 Å². The lowest BCUT2D eigenvalue weighted by atomic mass is 10.3. The number of hydrogen-bond acceptors (Lipinski definition) is 5. The highest BCUT2D eigenvalue weighted by molar-refractivity contribution is 5.94. The molecule has 0 saturated heterocycles. The number of nitrogens with zero attached hydrogens (tertiary/aromatic N) is 2. The maximum atomic E-state index is 12.1. The Bertz CT molecular complexity index is 930. The molecule has 0 spiro atoms. The summed E-state index contributed by atoms with van der Waals surface area (Å²) in [6, 6.07) is 7.95. The Hall–Kier alpha value is -3.69. The Morgan fingerprint density at radius 1 is 1.04 bits per heavy atom. The van der Waals surface area contributed by atoms with Gasteiger partial charge in [-0.25, -0.2) is 0 Å². The number of rotatable bonds is 6. The SMILES string of the molecule is C=[O+]n1c(C(=O)NCNC(=O)c2cccc(=O)n2OC)cccc1=O. The molecule has 0 aliphatic rings. The van der Waals surface area contributed by atoms with E-state index in [0.717, 1.165) is 4.73 Å². The van der Waals surface area contributed by atoms with Crippen LogP contribution in [0.15, 0.2) is 46.0 Å². The van der Waals surface area contributed by atoms with E-state index in [1.165, 1.54) is 43.5 Å². The molecule has 2 heterocycles. The third-order valence-corrected chi connectivity index (χ3v) is 3.10. The molecule has 0 atom stereocenters. The average Bonchev–Trinajstić information content (AvgIpc) is 2.60. The van der Waals surface area contributed by atoms with Crippen LogP contribution in [0.5, 0.6) is 0 Å². The summed E-state index contributed by atoms with van der Waals surface area (Å²) in [5.41, 5.74) is -1.22. The minimum Gasteiger partial charge on any atom is -0.413 e. The second-order valence-electron chi connectivity index (χ2n) is 4.59. The van der Waals surface area contributed by atoms with Crippen LogP contribution in [0.2, 0.25) is 0 Å². The van der Waals surface area contributed by atoms with Crippen molar-refractivity contribution >= 4 is 18.6 Å². The Labute approximate surface area is 140 Å². The molecule has 0 unspecified atom stereocenters. The molecule has 2 rings (SSSR count). The molecule has 0 aromatic carbocycles. The smallest absolute Gasteiger partial charge is 0.336 e. The number of carbonyl (C=O) groups is 2. The molecular formula is C15H15N4O6+. The van der Waals surface area contributed by atoms with Gasteiger partial charge in [0.15, 0.2) is 0 Å². The van der Waals surface area contributed by atoms with Crippen molar-refractivity contribution in [2.24, 2.45) is 0 Å². The van der Waals surface area contributed by atoms with Crippen molar-refractivity contribution in [1.29, 1.82) is 0 Å². The van der Waals surface area contributed by atoms with Gasteiger partial charge in [-0.05, 0) is 12.1 Å². The van der Waals surface area contributed by atoms with Crippen LogP contribution in [0.3, 0.4) is 0 Å². The maximum Gasteiger partial charge on any atom is 0.336 e. The number of amides is 2. The molecule has 130 valence electrons. The van der Waals surface area contributed by atoms with E-state index in [1.54, 1.807) is 0 Å². The summed E-state index contributed by atoms with van der Waals surface area (Å²) in [4.78, 5) is 52.1. The molecule has 25 heavy (non-hydrogen) atoms. The molecule has 0 radical (unpaired) electrons. The van der Waals surface area contributed by atoms with Gasteiger partial charge < -0.3 is 15.5 Å². The highest BCUT2D eigenvalue weighted by Crippen LogP contribution is 1.96.